The summed E-state index contributed by atoms with van der Waals surface area (Å²) in [4.78, 5) is 26.7. The SMILES string of the molecule is CC(NC(=O)CC1CCCN1)C(=O)Nc1cccc(N2CCCC2)c1. The van der Waals surface area contributed by atoms with Crippen molar-refractivity contribution in [1.29, 1.82) is 0 Å². The topological polar surface area (TPSA) is 73.5 Å². The average molecular weight is 344 g/mol. The summed E-state index contributed by atoms with van der Waals surface area (Å²) in [6.07, 6.45) is 5.01. The van der Waals surface area contributed by atoms with Crippen LogP contribution < -0.4 is 20.9 Å². The van der Waals surface area contributed by atoms with Crippen LogP contribution >= 0.6 is 0 Å². The third-order valence-corrected chi connectivity index (χ3v) is 4.95. The van der Waals surface area contributed by atoms with Gasteiger partial charge in [-0.15, -0.1) is 0 Å². The van der Waals surface area contributed by atoms with E-state index in [9.17, 15) is 9.59 Å². The minimum atomic E-state index is -0.552. The summed E-state index contributed by atoms with van der Waals surface area (Å²) in [5, 5.41) is 9.00. The van der Waals surface area contributed by atoms with Gasteiger partial charge in [0.1, 0.15) is 6.04 Å². The van der Waals surface area contributed by atoms with Crippen molar-refractivity contribution >= 4 is 23.2 Å². The Kier molecular flexibility index (Phi) is 5.91. The van der Waals surface area contributed by atoms with Crippen LogP contribution in [-0.4, -0.2) is 43.5 Å². The standard InChI is InChI=1S/C19H28N4O2/c1-14(21-18(24)13-15-7-5-9-20-15)19(25)22-16-6-4-8-17(12-16)23-10-2-3-11-23/h4,6,8,12,14-15,20H,2-3,5,7,9-11,13H2,1H3,(H,21,24)(H,22,25). The first-order valence-electron chi connectivity index (χ1n) is 9.30. The van der Waals surface area contributed by atoms with Gasteiger partial charge in [-0.2, -0.15) is 0 Å². The van der Waals surface area contributed by atoms with E-state index in [1.807, 2.05) is 18.2 Å². The summed E-state index contributed by atoms with van der Waals surface area (Å²) >= 11 is 0. The Morgan fingerprint density at radius 1 is 1.28 bits per heavy atom. The molecular formula is C19H28N4O2. The lowest BCUT2D eigenvalue weighted by Crippen LogP contribution is -2.43. The van der Waals surface area contributed by atoms with Crippen LogP contribution in [0, 0.1) is 0 Å². The molecule has 2 saturated heterocycles. The van der Waals surface area contributed by atoms with E-state index in [1.54, 1.807) is 6.92 Å². The van der Waals surface area contributed by atoms with Gasteiger partial charge in [-0.1, -0.05) is 6.07 Å². The molecule has 2 fully saturated rings. The molecule has 0 radical (unpaired) electrons. The van der Waals surface area contributed by atoms with E-state index in [4.69, 9.17) is 0 Å². The van der Waals surface area contributed by atoms with Crippen LogP contribution in [0.2, 0.25) is 0 Å². The second-order valence-electron chi connectivity index (χ2n) is 7.02. The molecule has 25 heavy (non-hydrogen) atoms. The fourth-order valence-corrected chi connectivity index (χ4v) is 3.53. The van der Waals surface area contributed by atoms with Crippen molar-refractivity contribution in [2.45, 2.75) is 51.1 Å². The highest BCUT2D eigenvalue weighted by atomic mass is 16.2. The van der Waals surface area contributed by atoms with E-state index < -0.39 is 6.04 Å². The van der Waals surface area contributed by atoms with Gasteiger partial charge in [-0.25, -0.2) is 0 Å². The lowest BCUT2D eigenvalue weighted by Gasteiger charge is -2.19. The summed E-state index contributed by atoms with van der Waals surface area (Å²) in [5.41, 5.74) is 1.91. The van der Waals surface area contributed by atoms with Crippen LogP contribution in [0.15, 0.2) is 24.3 Å². The van der Waals surface area contributed by atoms with E-state index in [2.05, 4.69) is 26.9 Å². The first-order chi connectivity index (χ1) is 12.1. The molecule has 0 aliphatic carbocycles. The minimum Gasteiger partial charge on any atom is -0.371 e. The number of hydrogen-bond acceptors (Lipinski definition) is 4. The molecule has 0 spiro atoms. The number of carbonyl (C=O) groups excluding carboxylic acids is 2. The van der Waals surface area contributed by atoms with E-state index in [-0.39, 0.29) is 17.9 Å². The molecule has 2 heterocycles. The number of nitrogens with one attached hydrogen (secondary N) is 3. The molecular weight excluding hydrogens is 316 g/mol. The summed E-state index contributed by atoms with van der Waals surface area (Å²) in [6, 6.07) is 7.60. The number of hydrogen-bond donors (Lipinski definition) is 3. The first kappa shape index (κ1) is 17.7. The molecule has 2 aliphatic heterocycles. The summed E-state index contributed by atoms with van der Waals surface area (Å²) in [5.74, 6) is -0.265. The number of nitrogens with zero attached hydrogens (tertiary/aromatic N) is 1. The van der Waals surface area contributed by atoms with Crippen LogP contribution in [0.1, 0.15) is 39.0 Å². The van der Waals surface area contributed by atoms with Gasteiger partial charge in [0, 0.05) is 36.9 Å². The van der Waals surface area contributed by atoms with Crippen LogP contribution in [-0.2, 0) is 9.59 Å². The van der Waals surface area contributed by atoms with Crippen LogP contribution in [0.5, 0.6) is 0 Å². The zero-order valence-electron chi connectivity index (χ0n) is 14.9. The maximum atomic E-state index is 12.4. The van der Waals surface area contributed by atoms with E-state index in [0.717, 1.165) is 43.9 Å². The smallest absolute Gasteiger partial charge is 0.246 e. The molecule has 1 aromatic rings. The summed E-state index contributed by atoms with van der Waals surface area (Å²) < 4.78 is 0. The average Bonchev–Trinajstić information content (AvgIpc) is 3.28. The Morgan fingerprint density at radius 2 is 2.08 bits per heavy atom. The monoisotopic (exact) mass is 344 g/mol. The van der Waals surface area contributed by atoms with Gasteiger partial charge >= 0.3 is 0 Å². The molecule has 136 valence electrons. The highest BCUT2D eigenvalue weighted by molar-refractivity contribution is 5.97. The van der Waals surface area contributed by atoms with Gasteiger partial charge in [0.2, 0.25) is 11.8 Å². The van der Waals surface area contributed by atoms with Crippen molar-refractivity contribution < 1.29 is 9.59 Å². The van der Waals surface area contributed by atoms with Crippen molar-refractivity contribution in [2.75, 3.05) is 29.9 Å². The first-order valence-corrected chi connectivity index (χ1v) is 9.30. The second-order valence-corrected chi connectivity index (χ2v) is 7.02. The molecule has 2 unspecified atom stereocenters. The Balaban J connectivity index is 1.50. The highest BCUT2D eigenvalue weighted by Crippen LogP contribution is 2.23. The van der Waals surface area contributed by atoms with E-state index in [0.29, 0.717) is 6.42 Å². The van der Waals surface area contributed by atoms with Gasteiger partial charge in [-0.3, -0.25) is 9.59 Å². The molecule has 6 heteroatoms. The third kappa shape index (κ3) is 4.95. The Morgan fingerprint density at radius 3 is 2.80 bits per heavy atom. The van der Waals surface area contributed by atoms with Crippen molar-refractivity contribution in [3.63, 3.8) is 0 Å². The van der Waals surface area contributed by atoms with Crippen LogP contribution in [0.3, 0.4) is 0 Å². The molecule has 2 amide bonds. The van der Waals surface area contributed by atoms with Crippen LogP contribution in [0.4, 0.5) is 11.4 Å². The zero-order chi connectivity index (χ0) is 17.6. The molecule has 3 N–H and O–H groups in total. The van der Waals surface area contributed by atoms with Gasteiger partial charge < -0.3 is 20.9 Å². The third-order valence-electron chi connectivity index (χ3n) is 4.95. The van der Waals surface area contributed by atoms with Crippen LogP contribution in [0.25, 0.3) is 0 Å². The van der Waals surface area contributed by atoms with E-state index >= 15 is 0 Å². The number of anilines is 2. The van der Waals surface area contributed by atoms with Gasteiger partial charge in [0.15, 0.2) is 0 Å². The summed E-state index contributed by atoms with van der Waals surface area (Å²) in [6.45, 7) is 4.83. The van der Waals surface area contributed by atoms with E-state index in [1.165, 1.54) is 12.8 Å². The molecule has 0 saturated carbocycles. The molecule has 1 aromatic carbocycles. The van der Waals surface area contributed by atoms with Gasteiger partial charge in [-0.05, 0) is 57.4 Å². The lowest BCUT2D eigenvalue weighted by molar-refractivity contribution is -0.126. The highest BCUT2D eigenvalue weighted by Gasteiger charge is 2.21. The van der Waals surface area contributed by atoms with Gasteiger partial charge in [0.25, 0.3) is 0 Å². The second kappa shape index (κ2) is 8.34. The number of rotatable bonds is 6. The molecule has 0 bridgehead atoms. The molecule has 0 aromatic heterocycles. The molecule has 2 atom stereocenters. The zero-order valence-corrected chi connectivity index (χ0v) is 14.9. The predicted octanol–water partition coefficient (Wildman–Crippen LogP) is 1.87. The van der Waals surface area contributed by atoms with Crippen molar-refractivity contribution in [3.05, 3.63) is 24.3 Å². The Hall–Kier alpha value is -2.08. The Labute approximate surface area is 149 Å². The fourth-order valence-electron chi connectivity index (χ4n) is 3.53. The maximum absolute atomic E-state index is 12.4. The lowest BCUT2D eigenvalue weighted by atomic mass is 10.1. The quantitative estimate of drug-likeness (QED) is 0.737. The maximum Gasteiger partial charge on any atom is 0.246 e. The molecule has 6 nitrogen and oxygen atoms in total. The molecule has 2 aliphatic rings. The van der Waals surface area contributed by atoms with Crippen molar-refractivity contribution in [3.8, 4) is 0 Å². The van der Waals surface area contributed by atoms with Crippen molar-refractivity contribution in [2.24, 2.45) is 0 Å². The number of amides is 2. The fraction of sp³-hybridized carbons (Fsp3) is 0.579. The Bertz CT molecular complexity index is 607. The minimum absolute atomic E-state index is 0.0760. The van der Waals surface area contributed by atoms with Gasteiger partial charge in [0.05, 0.1) is 0 Å². The number of carbonyl (C=O) groups is 2. The summed E-state index contributed by atoms with van der Waals surface area (Å²) in [7, 11) is 0. The largest absolute Gasteiger partial charge is 0.371 e. The predicted molar refractivity (Wildman–Crippen MR) is 99.8 cm³/mol. The molecule has 3 rings (SSSR count). The number of benzene rings is 1. The van der Waals surface area contributed by atoms with Crippen molar-refractivity contribution in [1.82, 2.24) is 10.6 Å². The normalized spacial score (nSPS) is 21.2.